The van der Waals surface area contributed by atoms with E-state index in [4.69, 9.17) is 16.6 Å². The zero-order valence-electron chi connectivity index (χ0n) is 14.5. The lowest BCUT2D eigenvalue weighted by atomic mass is 10.0. The van der Waals surface area contributed by atoms with Crippen molar-refractivity contribution in [2.75, 3.05) is 0 Å². The molecule has 0 fully saturated rings. The molecule has 4 aromatic rings. The lowest BCUT2D eigenvalue weighted by Gasteiger charge is -2.13. The number of pyridine rings is 1. The summed E-state index contributed by atoms with van der Waals surface area (Å²) in [6.07, 6.45) is 0. The average Bonchev–Trinajstić information content (AvgIpc) is 2.73. The normalized spacial score (nSPS) is 10.7. The smallest absolute Gasteiger partial charge is 0.253 e. The first-order valence-electron chi connectivity index (χ1n) is 8.70. The molecule has 27 heavy (non-hydrogen) atoms. The van der Waals surface area contributed by atoms with Gasteiger partial charge in [-0.1, -0.05) is 90.5 Å². The largest absolute Gasteiger partial charge is 0.348 e. The van der Waals surface area contributed by atoms with E-state index in [1.54, 1.807) is 0 Å². The number of amides is 1. The van der Waals surface area contributed by atoms with E-state index in [0.29, 0.717) is 22.8 Å². The molecule has 0 aliphatic rings. The number of benzene rings is 3. The van der Waals surface area contributed by atoms with E-state index in [0.717, 1.165) is 22.0 Å². The summed E-state index contributed by atoms with van der Waals surface area (Å²) in [5, 5.41) is 4.09. The number of hydrogen-bond acceptors (Lipinski definition) is 2. The molecule has 4 rings (SSSR count). The highest BCUT2D eigenvalue weighted by molar-refractivity contribution is 6.38. The molecular weight excluding hydrogens is 356 g/mol. The molecule has 4 heteroatoms. The number of fused-ring (bicyclic) bond motifs is 1. The van der Waals surface area contributed by atoms with Crippen molar-refractivity contribution >= 4 is 28.4 Å². The monoisotopic (exact) mass is 372 g/mol. The number of carbonyl (C=O) groups is 1. The van der Waals surface area contributed by atoms with Gasteiger partial charge in [-0.05, 0) is 11.6 Å². The first-order chi connectivity index (χ1) is 13.2. The minimum Gasteiger partial charge on any atom is -0.348 e. The highest BCUT2D eigenvalue weighted by Crippen LogP contribution is 2.33. The molecule has 1 aromatic heterocycles. The van der Waals surface area contributed by atoms with Gasteiger partial charge >= 0.3 is 0 Å². The molecule has 0 bridgehead atoms. The van der Waals surface area contributed by atoms with Crippen LogP contribution in [0, 0.1) is 0 Å². The standard InChI is InChI=1S/C23H17ClN2O/c24-21-20(23(27)25-15-16-9-3-1-4-10-16)18-13-7-8-14-19(18)26-22(21)17-11-5-2-6-12-17/h1-14H,15H2,(H,25,27). The Morgan fingerprint density at radius 3 is 2.22 bits per heavy atom. The summed E-state index contributed by atoms with van der Waals surface area (Å²) < 4.78 is 0. The zero-order valence-corrected chi connectivity index (χ0v) is 15.3. The number of para-hydroxylation sites is 1. The summed E-state index contributed by atoms with van der Waals surface area (Å²) in [6.45, 7) is 0.438. The summed E-state index contributed by atoms with van der Waals surface area (Å²) in [6, 6.07) is 27.0. The van der Waals surface area contributed by atoms with Crippen molar-refractivity contribution in [3.05, 3.63) is 101 Å². The number of nitrogens with zero attached hydrogens (tertiary/aromatic N) is 1. The summed E-state index contributed by atoms with van der Waals surface area (Å²) in [5.74, 6) is -0.209. The fourth-order valence-electron chi connectivity index (χ4n) is 3.06. The average molecular weight is 373 g/mol. The van der Waals surface area contributed by atoms with Crippen LogP contribution in [-0.4, -0.2) is 10.9 Å². The molecule has 0 spiro atoms. The van der Waals surface area contributed by atoms with E-state index in [1.165, 1.54) is 0 Å². The van der Waals surface area contributed by atoms with Gasteiger partial charge in [0.2, 0.25) is 0 Å². The number of halogens is 1. The van der Waals surface area contributed by atoms with Crippen LogP contribution in [-0.2, 0) is 6.54 Å². The van der Waals surface area contributed by atoms with E-state index in [-0.39, 0.29) is 5.91 Å². The molecule has 0 atom stereocenters. The van der Waals surface area contributed by atoms with Crippen LogP contribution in [0.1, 0.15) is 15.9 Å². The van der Waals surface area contributed by atoms with Gasteiger partial charge < -0.3 is 5.32 Å². The van der Waals surface area contributed by atoms with E-state index in [2.05, 4.69) is 5.32 Å². The second-order valence-electron chi connectivity index (χ2n) is 6.20. The highest BCUT2D eigenvalue weighted by Gasteiger charge is 2.20. The number of aromatic nitrogens is 1. The molecule has 0 unspecified atom stereocenters. The van der Waals surface area contributed by atoms with Gasteiger partial charge in [-0.3, -0.25) is 4.79 Å². The second-order valence-corrected chi connectivity index (χ2v) is 6.58. The van der Waals surface area contributed by atoms with E-state index >= 15 is 0 Å². The van der Waals surface area contributed by atoms with Crippen molar-refractivity contribution in [2.24, 2.45) is 0 Å². The van der Waals surface area contributed by atoms with Crippen LogP contribution in [0.15, 0.2) is 84.9 Å². The topological polar surface area (TPSA) is 42.0 Å². The first kappa shape index (κ1) is 17.3. The van der Waals surface area contributed by atoms with Gasteiger partial charge in [-0.15, -0.1) is 0 Å². The quantitative estimate of drug-likeness (QED) is 0.515. The summed E-state index contributed by atoms with van der Waals surface area (Å²) in [7, 11) is 0. The molecule has 0 radical (unpaired) electrons. The fraction of sp³-hybridized carbons (Fsp3) is 0.0435. The maximum atomic E-state index is 13.0. The van der Waals surface area contributed by atoms with Gasteiger partial charge in [0.1, 0.15) is 0 Å². The lowest BCUT2D eigenvalue weighted by molar-refractivity contribution is 0.0952. The van der Waals surface area contributed by atoms with Gasteiger partial charge in [0.05, 0.1) is 21.8 Å². The molecule has 3 aromatic carbocycles. The van der Waals surface area contributed by atoms with Crippen LogP contribution in [0.25, 0.3) is 22.2 Å². The Kier molecular flexibility index (Phi) is 4.86. The molecule has 0 saturated heterocycles. The Morgan fingerprint density at radius 1 is 0.852 bits per heavy atom. The molecule has 0 aliphatic heterocycles. The van der Waals surface area contributed by atoms with Gasteiger partial charge in [0.15, 0.2) is 0 Å². The number of nitrogens with one attached hydrogen (secondary N) is 1. The summed E-state index contributed by atoms with van der Waals surface area (Å²) in [4.78, 5) is 17.7. The van der Waals surface area contributed by atoms with Gasteiger partial charge in [0, 0.05) is 17.5 Å². The number of hydrogen-bond donors (Lipinski definition) is 1. The minimum atomic E-state index is -0.209. The van der Waals surface area contributed by atoms with Crippen molar-refractivity contribution in [1.82, 2.24) is 10.3 Å². The predicted octanol–water partition coefficient (Wildman–Crippen LogP) is 5.49. The third-order valence-corrected chi connectivity index (χ3v) is 4.77. The van der Waals surface area contributed by atoms with Crippen LogP contribution >= 0.6 is 11.6 Å². The van der Waals surface area contributed by atoms with Crippen molar-refractivity contribution in [1.29, 1.82) is 0 Å². The van der Waals surface area contributed by atoms with Crippen LogP contribution < -0.4 is 5.32 Å². The Bertz CT molecular complexity index is 1100. The second kappa shape index (κ2) is 7.60. The Labute approximate surface area is 162 Å². The molecule has 1 N–H and O–H groups in total. The minimum absolute atomic E-state index is 0.209. The van der Waals surface area contributed by atoms with E-state index in [9.17, 15) is 4.79 Å². The number of rotatable bonds is 4. The van der Waals surface area contributed by atoms with E-state index < -0.39 is 0 Å². The van der Waals surface area contributed by atoms with Crippen LogP contribution in [0.3, 0.4) is 0 Å². The zero-order chi connectivity index (χ0) is 18.6. The molecule has 1 amide bonds. The maximum Gasteiger partial charge on any atom is 0.253 e. The molecule has 132 valence electrons. The van der Waals surface area contributed by atoms with Crippen LogP contribution in [0.5, 0.6) is 0 Å². The van der Waals surface area contributed by atoms with Gasteiger partial charge in [-0.25, -0.2) is 4.98 Å². The summed E-state index contributed by atoms with van der Waals surface area (Å²) in [5.41, 5.74) is 3.72. The Morgan fingerprint density at radius 2 is 1.48 bits per heavy atom. The van der Waals surface area contributed by atoms with E-state index in [1.807, 2.05) is 84.9 Å². The maximum absolute atomic E-state index is 13.0. The Hall–Kier alpha value is -3.17. The van der Waals surface area contributed by atoms with Crippen molar-refractivity contribution < 1.29 is 4.79 Å². The third kappa shape index (κ3) is 3.55. The molecular formula is C23H17ClN2O. The molecule has 0 saturated carbocycles. The van der Waals surface area contributed by atoms with Crippen molar-refractivity contribution in [3.8, 4) is 11.3 Å². The van der Waals surface area contributed by atoms with Crippen LogP contribution in [0.2, 0.25) is 5.02 Å². The summed E-state index contributed by atoms with van der Waals surface area (Å²) >= 11 is 6.68. The van der Waals surface area contributed by atoms with Gasteiger partial charge in [0.25, 0.3) is 5.91 Å². The number of carbonyl (C=O) groups excluding carboxylic acids is 1. The molecule has 1 heterocycles. The SMILES string of the molecule is O=C(NCc1ccccc1)c1c(Cl)c(-c2ccccc2)nc2ccccc12. The van der Waals surface area contributed by atoms with Crippen molar-refractivity contribution in [2.45, 2.75) is 6.54 Å². The predicted molar refractivity (Wildman–Crippen MR) is 110 cm³/mol. The molecule has 0 aliphatic carbocycles. The Balaban J connectivity index is 1.78. The first-order valence-corrected chi connectivity index (χ1v) is 9.07. The van der Waals surface area contributed by atoms with Gasteiger partial charge in [-0.2, -0.15) is 0 Å². The van der Waals surface area contributed by atoms with Crippen LogP contribution in [0.4, 0.5) is 0 Å². The fourth-order valence-corrected chi connectivity index (χ4v) is 3.40. The third-order valence-electron chi connectivity index (χ3n) is 4.40. The molecule has 3 nitrogen and oxygen atoms in total. The van der Waals surface area contributed by atoms with Crippen molar-refractivity contribution in [3.63, 3.8) is 0 Å². The lowest BCUT2D eigenvalue weighted by Crippen LogP contribution is -2.23. The highest BCUT2D eigenvalue weighted by atomic mass is 35.5.